The number of amides is 1. The fraction of sp³-hybridized carbons (Fsp3) is 0.929. The first-order valence-electron chi connectivity index (χ1n) is 7.11. The second-order valence-corrected chi connectivity index (χ2v) is 6.11. The third-order valence-corrected chi connectivity index (χ3v) is 4.51. The average Bonchev–Trinajstić information content (AvgIpc) is 2.32. The summed E-state index contributed by atoms with van der Waals surface area (Å²) in [5.74, 6) is 0.325. The fourth-order valence-electron chi connectivity index (χ4n) is 3.39. The Balaban J connectivity index is 1.95. The van der Waals surface area contributed by atoms with Gasteiger partial charge in [0.1, 0.15) is 0 Å². The average molecular weight is 238 g/mol. The lowest BCUT2D eigenvalue weighted by Crippen LogP contribution is -2.52. The molecule has 2 aliphatic rings. The zero-order valence-electron chi connectivity index (χ0n) is 11.3. The molecule has 0 aromatic rings. The Bertz CT molecular complexity index is 271. The van der Waals surface area contributed by atoms with Crippen molar-refractivity contribution in [2.45, 2.75) is 57.9 Å². The van der Waals surface area contributed by atoms with E-state index in [0.717, 1.165) is 25.9 Å². The lowest BCUT2D eigenvalue weighted by Gasteiger charge is -2.41. The number of carbonyl (C=O) groups excluding carboxylic acids is 1. The van der Waals surface area contributed by atoms with E-state index in [1.54, 1.807) is 0 Å². The quantitative estimate of drug-likeness (QED) is 0.817. The highest BCUT2D eigenvalue weighted by Gasteiger charge is 2.34. The van der Waals surface area contributed by atoms with E-state index < -0.39 is 0 Å². The van der Waals surface area contributed by atoms with Gasteiger partial charge in [-0.15, -0.1) is 0 Å². The lowest BCUT2D eigenvalue weighted by atomic mass is 9.75. The summed E-state index contributed by atoms with van der Waals surface area (Å²) >= 11 is 0. The van der Waals surface area contributed by atoms with Crippen LogP contribution in [0.1, 0.15) is 51.9 Å². The van der Waals surface area contributed by atoms with Crippen LogP contribution < -0.4 is 5.32 Å². The van der Waals surface area contributed by atoms with E-state index in [2.05, 4.69) is 17.1 Å². The maximum atomic E-state index is 12.2. The molecule has 1 aliphatic carbocycles. The first-order chi connectivity index (χ1) is 8.14. The fourth-order valence-corrected chi connectivity index (χ4v) is 3.39. The molecule has 1 aliphatic heterocycles. The Labute approximate surface area is 105 Å². The van der Waals surface area contributed by atoms with E-state index in [9.17, 15) is 4.79 Å². The van der Waals surface area contributed by atoms with Gasteiger partial charge in [0.15, 0.2) is 0 Å². The first-order valence-corrected chi connectivity index (χ1v) is 7.11. The van der Waals surface area contributed by atoms with Gasteiger partial charge in [-0.25, -0.2) is 0 Å². The van der Waals surface area contributed by atoms with Gasteiger partial charge in [0.2, 0.25) is 5.91 Å². The second kappa shape index (κ2) is 5.38. The number of likely N-dealkylation sites (tertiary alicyclic amines) is 1. The zero-order valence-corrected chi connectivity index (χ0v) is 11.3. The van der Waals surface area contributed by atoms with Gasteiger partial charge in [0, 0.05) is 13.1 Å². The van der Waals surface area contributed by atoms with Crippen molar-refractivity contribution >= 4 is 5.91 Å². The summed E-state index contributed by atoms with van der Waals surface area (Å²) in [5, 5.41) is 3.14. The van der Waals surface area contributed by atoms with Gasteiger partial charge < -0.3 is 10.2 Å². The van der Waals surface area contributed by atoms with Gasteiger partial charge in [-0.05, 0) is 38.1 Å². The highest BCUT2D eigenvalue weighted by atomic mass is 16.2. The second-order valence-electron chi connectivity index (χ2n) is 6.11. The predicted octanol–water partition coefficient (Wildman–Crippen LogP) is 2.17. The zero-order chi connectivity index (χ0) is 12.3. The molecule has 1 N–H and O–H groups in total. The van der Waals surface area contributed by atoms with Gasteiger partial charge in [0.05, 0.1) is 6.04 Å². The number of piperidine rings is 1. The van der Waals surface area contributed by atoms with Crippen LogP contribution in [0.4, 0.5) is 0 Å². The Kier molecular flexibility index (Phi) is 4.08. The van der Waals surface area contributed by atoms with Crippen molar-refractivity contribution in [3.8, 4) is 0 Å². The molecular weight excluding hydrogens is 212 g/mol. The molecule has 2 fully saturated rings. The summed E-state index contributed by atoms with van der Waals surface area (Å²) in [4.78, 5) is 14.3. The smallest absolute Gasteiger partial charge is 0.239 e. The van der Waals surface area contributed by atoms with Crippen molar-refractivity contribution in [2.75, 3.05) is 20.1 Å². The van der Waals surface area contributed by atoms with Crippen molar-refractivity contribution in [1.82, 2.24) is 10.2 Å². The minimum atomic E-state index is 0.0657. The topological polar surface area (TPSA) is 32.3 Å². The summed E-state index contributed by atoms with van der Waals surface area (Å²) in [6, 6.07) is 0.0657. The lowest BCUT2D eigenvalue weighted by molar-refractivity contribution is -0.137. The first kappa shape index (κ1) is 12.9. The van der Waals surface area contributed by atoms with Gasteiger partial charge in [-0.2, -0.15) is 0 Å². The van der Waals surface area contributed by atoms with E-state index in [1.807, 2.05) is 7.05 Å². The molecule has 0 aromatic carbocycles. The molecule has 0 aromatic heterocycles. The minimum Gasteiger partial charge on any atom is -0.341 e. The number of nitrogens with one attached hydrogen (secondary N) is 1. The van der Waals surface area contributed by atoms with E-state index in [-0.39, 0.29) is 6.04 Å². The summed E-state index contributed by atoms with van der Waals surface area (Å²) in [6.07, 6.45) is 8.79. The molecule has 1 atom stereocenters. The molecule has 1 saturated heterocycles. The standard InChI is InChI=1S/C14H26N2O/c1-14(8-4-3-5-9-14)11-16-10-6-7-12(15-2)13(16)17/h12,15H,3-11H2,1-2H3. The van der Waals surface area contributed by atoms with E-state index >= 15 is 0 Å². The van der Waals surface area contributed by atoms with Crippen LogP contribution >= 0.6 is 0 Å². The van der Waals surface area contributed by atoms with Crippen LogP contribution in [-0.4, -0.2) is 37.0 Å². The molecule has 17 heavy (non-hydrogen) atoms. The van der Waals surface area contributed by atoms with Crippen LogP contribution in [-0.2, 0) is 4.79 Å². The summed E-state index contributed by atoms with van der Waals surface area (Å²) in [7, 11) is 1.90. The molecular formula is C14H26N2O. The molecule has 3 heteroatoms. The van der Waals surface area contributed by atoms with Gasteiger partial charge in [-0.1, -0.05) is 26.2 Å². The SMILES string of the molecule is CNC1CCCN(CC2(C)CCCCC2)C1=O. The van der Waals surface area contributed by atoms with E-state index in [0.29, 0.717) is 11.3 Å². The van der Waals surface area contributed by atoms with Crippen LogP contribution in [0.2, 0.25) is 0 Å². The van der Waals surface area contributed by atoms with Gasteiger partial charge in [0.25, 0.3) is 0 Å². The largest absolute Gasteiger partial charge is 0.341 e. The Morgan fingerprint density at radius 3 is 2.65 bits per heavy atom. The Morgan fingerprint density at radius 1 is 1.29 bits per heavy atom. The van der Waals surface area contributed by atoms with Crippen molar-refractivity contribution in [2.24, 2.45) is 5.41 Å². The maximum Gasteiger partial charge on any atom is 0.239 e. The van der Waals surface area contributed by atoms with Gasteiger partial charge >= 0.3 is 0 Å². The van der Waals surface area contributed by atoms with E-state index in [1.165, 1.54) is 32.1 Å². The van der Waals surface area contributed by atoms with Crippen molar-refractivity contribution < 1.29 is 4.79 Å². The molecule has 1 unspecified atom stereocenters. The van der Waals surface area contributed by atoms with Crippen LogP contribution in [0.15, 0.2) is 0 Å². The normalized spacial score (nSPS) is 29.4. The predicted molar refractivity (Wildman–Crippen MR) is 69.9 cm³/mol. The Morgan fingerprint density at radius 2 is 2.00 bits per heavy atom. The van der Waals surface area contributed by atoms with Crippen LogP contribution in [0.5, 0.6) is 0 Å². The molecule has 2 rings (SSSR count). The van der Waals surface area contributed by atoms with Crippen LogP contribution in [0.25, 0.3) is 0 Å². The van der Waals surface area contributed by atoms with Crippen molar-refractivity contribution in [3.63, 3.8) is 0 Å². The number of hydrogen-bond acceptors (Lipinski definition) is 2. The molecule has 1 saturated carbocycles. The summed E-state index contributed by atoms with van der Waals surface area (Å²) in [5.41, 5.74) is 0.379. The van der Waals surface area contributed by atoms with Gasteiger partial charge in [-0.3, -0.25) is 4.79 Å². The highest BCUT2D eigenvalue weighted by Crippen LogP contribution is 2.37. The number of hydrogen-bond donors (Lipinski definition) is 1. The molecule has 0 bridgehead atoms. The summed E-state index contributed by atoms with van der Waals surface area (Å²) < 4.78 is 0. The summed E-state index contributed by atoms with van der Waals surface area (Å²) in [6.45, 7) is 4.30. The van der Waals surface area contributed by atoms with Crippen LogP contribution in [0, 0.1) is 5.41 Å². The molecule has 0 spiro atoms. The number of rotatable bonds is 3. The number of likely N-dealkylation sites (N-methyl/N-ethyl adjacent to an activating group) is 1. The molecule has 1 heterocycles. The minimum absolute atomic E-state index is 0.0657. The van der Waals surface area contributed by atoms with Crippen LogP contribution in [0.3, 0.4) is 0 Å². The maximum absolute atomic E-state index is 12.2. The van der Waals surface area contributed by atoms with E-state index in [4.69, 9.17) is 0 Å². The highest BCUT2D eigenvalue weighted by molar-refractivity contribution is 5.82. The van der Waals surface area contributed by atoms with Crippen molar-refractivity contribution in [1.29, 1.82) is 0 Å². The molecule has 1 amide bonds. The number of nitrogens with zero attached hydrogens (tertiary/aromatic N) is 1. The molecule has 0 radical (unpaired) electrons. The molecule has 3 nitrogen and oxygen atoms in total. The molecule has 98 valence electrons. The Hall–Kier alpha value is -0.570. The monoisotopic (exact) mass is 238 g/mol. The third-order valence-electron chi connectivity index (χ3n) is 4.51. The van der Waals surface area contributed by atoms with Crippen molar-refractivity contribution in [3.05, 3.63) is 0 Å². The third kappa shape index (κ3) is 3.01. The number of carbonyl (C=O) groups is 1.